The van der Waals surface area contributed by atoms with E-state index in [2.05, 4.69) is 81.7 Å². The van der Waals surface area contributed by atoms with Gasteiger partial charge in [0.05, 0.1) is 15.9 Å². The molecule has 19 heavy (non-hydrogen) atoms. The number of rotatable bonds is 1. The Kier molecular flexibility index (Phi) is 2.60. The number of para-hydroxylation sites is 1. The zero-order valence-corrected chi connectivity index (χ0v) is 12.9. The minimum atomic E-state index is 1.04. The minimum Gasteiger partial charge on any atom is -0.290 e. The lowest BCUT2D eigenvalue weighted by molar-refractivity contribution is 1.30. The fraction of sp³-hybridized carbons (Fsp3) is 0. The number of aromatic nitrogens is 2. The average molecular weight is 376 g/mol. The lowest BCUT2D eigenvalue weighted by Gasteiger charge is -1.96. The predicted octanol–water partition coefficient (Wildman–Crippen LogP) is 4.82. The van der Waals surface area contributed by atoms with Gasteiger partial charge >= 0.3 is 0 Å². The minimum absolute atomic E-state index is 1.04. The van der Waals surface area contributed by atoms with Gasteiger partial charge in [-0.05, 0) is 46.9 Å². The van der Waals surface area contributed by atoms with Crippen molar-refractivity contribution in [3.8, 4) is 11.3 Å². The highest BCUT2D eigenvalue weighted by atomic mass is 127. The van der Waals surface area contributed by atoms with Crippen molar-refractivity contribution in [1.82, 2.24) is 9.38 Å². The third-order valence-electron chi connectivity index (χ3n) is 3.14. The molecule has 0 bridgehead atoms. The van der Waals surface area contributed by atoms with Crippen molar-refractivity contribution in [1.29, 1.82) is 0 Å². The largest absolute Gasteiger partial charge is 0.290 e. The molecule has 2 aromatic carbocycles. The van der Waals surface area contributed by atoms with Gasteiger partial charge in [-0.25, -0.2) is 4.98 Å². The highest BCUT2D eigenvalue weighted by Crippen LogP contribution is 2.29. The van der Waals surface area contributed by atoms with Crippen LogP contribution in [0.25, 0.3) is 26.4 Å². The first-order chi connectivity index (χ1) is 9.31. The maximum atomic E-state index is 4.73. The molecule has 0 saturated heterocycles. The molecular weight excluding hydrogens is 367 g/mol. The van der Waals surface area contributed by atoms with E-state index in [0.717, 1.165) is 10.7 Å². The van der Waals surface area contributed by atoms with Crippen molar-refractivity contribution in [2.24, 2.45) is 0 Å². The Morgan fingerprint density at radius 1 is 1.00 bits per heavy atom. The molecule has 2 nitrogen and oxygen atoms in total. The van der Waals surface area contributed by atoms with E-state index < -0.39 is 0 Å². The van der Waals surface area contributed by atoms with Gasteiger partial charge in [0.2, 0.25) is 0 Å². The fourth-order valence-electron chi connectivity index (χ4n) is 2.21. The summed E-state index contributed by atoms with van der Waals surface area (Å²) in [6.07, 6.45) is 2.12. The van der Waals surface area contributed by atoms with Crippen LogP contribution in [0.15, 0.2) is 54.7 Å². The fourth-order valence-corrected chi connectivity index (χ4v) is 3.58. The molecule has 0 unspecified atom stereocenters. The predicted molar refractivity (Wildman–Crippen MR) is 88.7 cm³/mol. The summed E-state index contributed by atoms with van der Waals surface area (Å²) in [6.45, 7) is 0. The Bertz CT molecular complexity index is 874. The second kappa shape index (κ2) is 4.31. The average Bonchev–Trinajstić information content (AvgIpc) is 2.97. The van der Waals surface area contributed by atoms with E-state index in [-0.39, 0.29) is 0 Å². The Morgan fingerprint density at radius 2 is 1.79 bits per heavy atom. The zero-order valence-electron chi connectivity index (χ0n) is 9.88. The van der Waals surface area contributed by atoms with Crippen LogP contribution < -0.4 is 0 Å². The summed E-state index contributed by atoms with van der Waals surface area (Å²) in [5.41, 5.74) is 3.43. The Morgan fingerprint density at radius 3 is 2.63 bits per heavy atom. The molecule has 0 N–H and O–H groups in total. The van der Waals surface area contributed by atoms with Gasteiger partial charge in [0.15, 0.2) is 4.96 Å². The molecule has 4 aromatic rings. The maximum absolute atomic E-state index is 4.73. The standard InChI is InChI=1S/C15H9IN2S/c16-11-7-5-10(6-8-11)12-9-18-13-3-1-2-4-14(13)19-15(18)17-12/h1-9H. The Labute approximate surface area is 127 Å². The number of hydrogen-bond donors (Lipinski definition) is 0. The quantitative estimate of drug-likeness (QED) is 0.436. The molecule has 0 saturated carbocycles. The molecule has 2 heterocycles. The summed E-state index contributed by atoms with van der Waals surface area (Å²) in [5, 5.41) is 0. The van der Waals surface area contributed by atoms with Crippen LogP contribution >= 0.6 is 33.9 Å². The molecule has 0 aliphatic carbocycles. The molecular formula is C15H9IN2S. The third kappa shape index (κ3) is 1.86. The first kappa shape index (κ1) is 11.4. The van der Waals surface area contributed by atoms with Crippen molar-refractivity contribution in [3.63, 3.8) is 0 Å². The van der Waals surface area contributed by atoms with Crippen LogP contribution in [0.5, 0.6) is 0 Å². The zero-order chi connectivity index (χ0) is 12.8. The second-order valence-corrected chi connectivity index (χ2v) is 6.61. The first-order valence-corrected chi connectivity index (χ1v) is 7.83. The maximum Gasteiger partial charge on any atom is 0.195 e. The van der Waals surface area contributed by atoms with E-state index in [1.165, 1.54) is 19.4 Å². The number of fused-ring (bicyclic) bond motifs is 3. The molecule has 0 aliphatic rings. The highest BCUT2D eigenvalue weighted by Gasteiger charge is 2.09. The van der Waals surface area contributed by atoms with Crippen molar-refractivity contribution < 1.29 is 0 Å². The monoisotopic (exact) mass is 376 g/mol. The summed E-state index contributed by atoms with van der Waals surface area (Å²) in [5.74, 6) is 0. The first-order valence-electron chi connectivity index (χ1n) is 5.94. The summed E-state index contributed by atoms with van der Waals surface area (Å²) >= 11 is 4.05. The van der Waals surface area contributed by atoms with E-state index >= 15 is 0 Å². The summed E-state index contributed by atoms with van der Waals surface area (Å²) in [6, 6.07) is 16.9. The van der Waals surface area contributed by atoms with Gasteiger partial charge in [0.25, 0.3) is 0 Å². The molecule has 0 aliphatic heterocycles. The topological polar surface area (TPSA) is 17.3 Å². The van der Waals surface area contributed by atoms with Gasteiger partial charge in [0.1, 0.15) is 0 Å². The van der Waals surface area contributed by atoms with Crippen LogP contribution in [0, 0.1) is 3.57 Å². The van der Waals surface area contributed by atoms with Gasteiger partial charge in [-0.15, -0.1) is 0 Å². The van der Waals surface area contributed by atoms with Crippen molar-refractivity contribution in [2.75, 3.05) is 0 Å². The third-order valence-corrected chi connectivity index (χ3v) is 4.89. The van der Waals surface area contributed by atoms with Crippen molar-refractivity contribution >= 4 is 49.1 Å². The van der Waals surface area contributed by atoms with Crippen LogP contribution in [-0.2, 0) is 0 Å². The number of thiazole rings is 1. The van der Waals surface area contributed by atoms with Crippen molar-refractivity contribution in [2.45, 2.75) is 0 Å². The van der Waals surface area contributed by atoms with Crippen LogP contribution in [-0.4, -0.2) is 9.38 Å². The molecule has 4 heteroatoms. The van der Waals surface area contributed by atoms with Crippen LogP contribution in [0.1, 0.15) is 0 Å². The molecule has 0 spiro atoms. The molecule has 0 fully saturated rings. The number of benzene rings is 2. The van der Waals surface area contributed by atoms with E-state index in [4.69, 9.17) is 4.98 Å². The lowest BCUT2D eigenvalue weighted by atomic mass is 10.2. The summed E-state index contributed by atoms with van der Waals surface area (Å²) in [4.78, 5) is 5.78. The Hall–Kier alpha value is -1.40. The number of hydrogen-bond acceptors (Lipinski definition) is 2. The van der Waals surface area contributed by atoms with Crippen molar-refractivity contribution in [3.05, 3.63) is 58.3 Å². The highest BCUT2D eigenvalue weighted by molar-refractivity contribution is 14.1. The van der Waals surface area contributed by atoms with Gasteiger partial charge in [-0.1, -0.05) is 35.6 Å². The molecule has 0 amide bonds. The molecule has 92 valence electrons. The summed E-state index contributed by atoms with van der Waals surface area (Å²) < 4.78 is 4.69. The van der Waals surface area contributed by atoms with E-state index in [1.807, 2.05) is 0 Å². The van der Waals surface area contributed by atoms with Crippen LogP contribution in [0.3, 0.4) is 0 Å². The van der Waals surface area contributed by atoms with E-state index in [0.29, 0.717) is 0 Å². The van der Waals surface area contributed by atoms with Gasteiger partial charge in [-0.3, -0.25) is 4.40 Å². The number of nitrogens with zero attached hydrogens (tertiary/aromatic N) is 2. The van der Waals surface area contributed by atoms with Crippen LogP contribution in [0.2, 0.25) is 0 Å². The van der Waals surface area contributed by atoms with Gasteiger partial charge in [0, 0.05) is 15.3 Å². The van der Waals surface area contributed by atoms with E-state index in [1.54, 1.807) is 11.3 Å². The van der Waals surface area contributed by atoms with Gasteiger partial charge in [-0.2, -0.15) is 0 Å². The molecule has 4 rings (SSSR count). The lowest BCUT2D eigenvalue weighted by Crippen LogP contribution is -1.78. The molecule has 0 radical (unpaired) electrons. The number of halogens is 1. The second-order valence-electron chi connectivity index (χ2n) is 4.36. The summed E-state index contributed by atoms with van der Waals surface area (Å²) in [7, 11) is 0. The molecule has 0 atom stereocenters. The SMILES string of the molecule is Ic1ccc(-c2cn3c(n2)sc2ccccc23)cc1. The smallest absolute Gasteiger partial charge is 0.195 e. The van der Waals surface area contributed by atoms with E-state index in [9.17, 15) is 0 Å². The van der Waals surface area contributed by atoms with Crippen LogP contribution in [0.4, 0.5) is 0 Å². The van der Waals surface area contributed by atoms with Gasteiger partial charge < -0.3 is 0 Å². The number of imidazole rings is 1. The Balaban J connectivity index is 1.94. The molecule has 2 aromatic heterocycles. The normalized spacial score (nSPS) is 11.4.